The van der Waals surface area contributed by atoms with Crippen LogP contribution in [0.5, 0.6) is 0 Å². The number of amides is 2. The van der Waals surface area contributed by atoms with Crippen molar-refractivity contribution >= 4 is 35.1 Å². The summed E-state index contributed by atoms with van der Waals surface area (Å²) in [6, 6.07) is 14.0. The number of fused-ring (bicyclic) bond motifs is 2. The van der Waals surface area contributed by atoms with Gasteiger partial charge in [-0.2, -0.15) is 0 Å². The molecular formula is C26H26ClNO5. The number of rotatable bonds is 2. The van der Waals surface area contributed by atoms with Crippen molar-refractivity contribution in [3.05, 3.63) is 76.5 Å². The number of ether oxygens (including phenoxy) is 2. The molecule has 3 atom stereocenters. The molecule has 172 valence electrons. The number of allylic oxidation sites excluding steroid dienone is 2. The van der Waals surface area contributed by atoms with E-state index in [1.807, 2.05) is 13.0 Å². The van der Waals surface area contributed by atoms with Crippen molar-refractivity contribution in [1.29, 1.82) is 0 Å². The minimum absolute atomic E-state index is 0.346. The first-order valence-corrected chi connectivity index (χ1v) is 11.1. The number of methoxy groups -OCH3 is 1. The first-order valence-electron chi connectivity index (χ1n) is 10.7. The summed E-state index contributed by atoms with van der Waals surface area (Å²) in [5, 5.41) is 0.485. The summed E-state index contributed by atoms with van der Waals surface area (Å²) < 4.78 is 11.1. The lowest BCUT2D eigenvalue weighted by Gasteiger charge is -2.42. The first-order chi connectivity index (χ1) is 15.5. The number of carbonyl (C=O) groups excluding carboxylic acids is 3. The van der Waals surface area contributed by atoms with E-state index in [0.717, 1.165) is 4.90 Å². The van der Waals surface area contributed by atoms with Crippen molar-refractivity contribution in [1.82, 2.24) is 0 Å². The van der Waals surface area contributed by atoms with Crippen molar-refractivity contribution in [3.63, 3.8) is 0 Å². The average molecular weight is 468 g/mol. The van der Waals surface area contributed by atoms with Crippen molar-refractivity contribution in [3.8, 4) is 0 Å². The minimum atomic E-state index is -1.65. The van der Waals surface area contributed by atoms with Crippen LogP contribution in [0.2, 0.25) is 5.02 Å². The molecule has 1 heterocycles. The summed E-state index contributed by atoms with van der Waals surface area (Å²) in [6.45, 7) is 7.08. The Hall–Kier alpha value is -3.12. The molecule has 0 N–H and O–H groups in total. The Bertz CT molecular complexity index is 1180. The zero-order chi connectivity index (χ0) is 24.1. The van der Waals surface area contributed by atoms with Crippen molar-refractivity contribution in [2.75, 3.05) is 12.0 Å². The van der Waals surface area contributed by atoms with Crippen LogP contribution < -0.4 is 4.90 Å². The highest BCUT2D eigenvalue weighted by Crippen LogP contribution is 2.57. The fraction of sp³-hybridized carbons (Fsp3) is 0.346. The van der Waals surface area contributed by atoms with E-state index in [1.54, 1.807) is 63.2 Å². The lowest BCUT2D eigenvalue weighted by atomic mass is 9.58. The topological polar surface area (TPSA) is 72.9 Å². The highest BCUT2D eigenvalue weighted by atomic mass is 35.5. The number of halogens is 1. The lowest BCUT2D eigenvalue weighted by molar-refractivity contribution is -0.134. The number of ketones is 1. The Kier molecular flexibility index (Phi) is 5.61. The Morgan fingerprint density at radius 2 is 1.79 bits per heavy atom. The van der Waals surface area contributed by atoms with Gasteiger partial charge in [0.05, 0.1) is 12.8 Å². The second-order valence-corrected chi connectivity index (χ2v) is 9.82. The molecular weight excluding hydrogens is 442 g/mol. The van der Waals surface area contributed by atoms with Gasteiger partial charge in [-0.3, -0.25) is 9.59 Å². The van der Waals surface area contributed by atoms with Gasteiger partial charge in [0.15, 0.2) is 5.78 Å². The van der Waals surface area contributed by atoms with E-state index in [0.29, 0.717) is 27.6 Å². The molecule has 0 radical (unpaired) electrons. The summed E-state index contributed by atoms with van der Waals surface area (Å²) in [6.07, 6.45) is 0.558. The molecule has 2 amide bonds. The highest BCUT2D eigenvalue weighted by molar-refractivity contribution is 6.32. The van der Waals surface area contributed by atoms with E-state index in [2.05, 4.69) is 0 Å². The minimum Gasteiger partial charge on any atom is -0.501 e. The summed E-state index contributed by atoms with van der Waals surface area (Å²) in [7, 11) is 1.50. The van der Waals surface area contributed by atoms with Crippen molar-refractivity contribution in [2.24, 2.45) is 5.92 Å². The molecule has 7 heteroatoms. The van der Waals surface area contributed by atoms with Gasteiger partial charge >= 0.3 is 6.09 Å². The molecule has 1 unspecified atom stereocenters. The Morgan fingerprint density at radius 1 is 1.09 bits per heavy atom. The third kappa shape index (κ3) is 3.53. The van der Waals surface area contributed by atoms with E-state index in [9.17, 15) is 14.4 Å². The smallest absolute Gasteiger partial charge is 0.421 e. The molecule has 0 aromatic heterocycles. The Labute approximate surface area is 198 Å². The summed E-state index contributed by atoms with van der Waals surface area (Å²) in [5.74, 6) is -1.60. The zero-order valence-electron chi connectivity index (χ0n) is 19.2. The van der Waals surface area contributed by atoms with Crippen molar-refractivity contribution < 1.29 is 23.9 Å². The molecule has 1 spiro atoms. The summed E-state index contributed by atoms with van der Waals surface area (Å²) >= 11 is 6.30. The van der Waals surface area contributed by atoms with Crippen LogP contribution in [-0.4, -0.2) is 30.5 Å². The predicted molar refractivity (Wildman–Crippen MR) is 125 cm³/mol. The SMILES string of the molecule is COC1=CC(=O)C2(C(=O)N(C(=O)OC(C)(C)C)c3ccccc32)[C@H](c2cccc(Cl)c2)[C@H]1C. The lowest BCUT2D eigenvalue weighted by Crippen LogP contribution is -2.55. The van der Waals surface area contributed by atoms with Gasteiger partial charge in [0.1, 0.15) is 16.8 Å². The van der Waals surface area contributed by atoms with Crippen LogP contribution in [0.3, 0.4) is 0 Å². The fourth-order valence-electron chi connectivity index (χ4n) is 4.98. The van der Waals surface area contributed by atoms with E-state index in [-0.39, 0.29) is 5.92 Å². The molecule has 2 aromatic carbocycles. The van der Waals surface area contributed by atoms with Crippen LogP contribution in [0.25, 0.3) is 0 Å². The molecule has 2 aromatic rings. The van der Waals surface area contributed by atoms with Gasteiger partial charge in [0, 0.05) is 28.5 Å². The van der Waals surface area contributed by atoms with Crippen LogP contribution in [0.15, 0.2) is 60.4 Å². The molecule has 2 aliphatic rings. The third-order valence-corrected chi connectivity index (χ3v) is 6.44. The van der Waals surface area contributed by atoms with Crippen LogP contribution in [0, 0.1) is 5.92 Å². The highest BCUT2D eigenvalue weighted by Gasteiger charge is 2.65. The maximum absolute atomic E-state index is 14.2. The first kappa shape index (κ1) is 23.1. The number of hydrogen-bond donors (Lipinski definition) is 0. The number of para-hydroxylation sites is 1. The molecule has 0 fully saturated rings. The van der Waals surface area contributed by atoms with Crippen LogP contribution in [0.1, 0.15) is 44.7 Å². The molecule has 4 rings (SSSR count). The largest absolute Gasteiger partial charge is 0.501 e. The van der Waals surface area contributed by atoms with Gasteiger partial charge in [-0.25, -0.2) is 9.69 Å². The van der Waals surface area contributed by atoms with E-state index < -0.39 is 34.7 Å². The second kappa shape index (κ2) is 8.03. The standard InChI is InChI=1S/C26H26ClNO5/c1-15-20(32-5)14-21(29)26(22(15)16-9-8-10-17(27)13-16)18-11-6-7-12-19(18)28(23(26)30)24(31)33-25(2,3)4/h6-15,22H,1-5H3/t15-,22-,26?/m0/s1. The van der Waals surface area contributed by atoms with Gasteiger partial charge in [0.2, 0.25) is 0 Å². The molecule has 33 heavy (non-hydrogen) atoms. The monoisotopic (exact) mass is 467 g/mol. The number of imide groups is 1. The molecule has 0 saturated carbocycles. The van der Waals surface area contributed by atoms with Gasteiger partial charge in [0.25, 0.3) is 5.91 Å². The van der Waals surface area contributed by atoms with Gasteiger partial charge in [-0.1, -0.05) is 48.9 Å². The molecule has 1 aliphatic carbocycles. The third-order valence-electron chi connectivity index (χ3n) is 6.21. The number of anilines is 1. The fourth-order valence-corrected chi connectivity index (χ4v) is 5.18. The van der Waals surface area contributed by atoms with Gasteiger partial charge in [-0.15, -0.1) is 0 Å². The Balaban J connectivity index is 2.00. The van der Waals surface area contributed by atoms with Crippen molar-refractivity contribution in [2.45, 2.75) is 44.6 Å². The van der Waals surface area contributed by atoms with E-state index >= 15 is 0 Å². The number of nitrogens with zero attached hydrogens (tertiary/aromatic N) is 1. The maximum atomic E-state index is 14.2. The van der Waals surface area contributed by atoms with Crippen LogP contribution in [-0.2, 0) is 24.5 Å². The predicted octanol–water partition coefficient (Wildman–Crippen LogP) is 5.39. The van der Waals surface area contributed by atoms with E-state index in [4.69, 9.17) is 21.1 Å². The number of benzene rings is 2. The second-order valence-electron chi connectivity index (χ2n) is 9.38. The van der Waals surface area contributed by atoms with Crippen LogP contribution in [0.4, 0.5) is 10.5 Å². The van der Waals surface area contributed by atoms with Gasteiger partial charge in [-0.05, 0) is 44.5 Å². The van der Waals surface area contributed by atoms with Gasteiger partial charge < -0.3 is 9.47 Å². The molecule has 0 saturated heterocycles. The number of hydrogen-bond acceptors (Lipinski definition) is 5. The Morgan fingerprint density at radius 3 is 2.42 bits per heavy atom. The average Bonchev–Trinajstić information content (AvgIpc) is 2.99. The molecule has 0 bridgehead atoms. The normalized spacial score (nSPS) is 24.5. The maximum Gasteiger partial charge on any atom is 0.421 e. The molecule has 1 aliphatic heterocycles. The quantitative estimate of drug-likeness (QED) is 0.553. The van der Waals surface area contributed by atoms with Crippen LogP contribution >= 0.6 is 11.6 Å². The summed E-state index contributed by atoms with van der Waals surface area (Å²) in [5.41, 5.74) is -0.950. The number of carbonyl (C=O) groups is 3. The molecule has 6 nitrogen and oxygen atoms in total. The zero-order valence-corrected chi connectivity index (χ0v) is 20.0. The van der Waals surface area contributed by atoms with E-state index in [1.165, 1.54) is 13.2 Å². The summed E-state index contributed by atoms with van der Waals surface area (Å²) in [4.78, 5) is 42.2.